The number of alkyl halides is 2. The Morgan fingerprint density at radius 1 is 1.30 bits per heavy atom. The molecule has 0 spiro atoms. The lowest BCUT2D eigenvalue weighted by Gasteiger charge is -2.39. The van der Waals surface area contributed by atoms with Crippen molar-refractivity contribution >= 4 is 23.2 Å². The highest BCUT2D eigenvalue weighted by Crippen LogP contribution is 2.40. The van der Waals surface area contributed by atoms with Crippen LogP contribution in [0.15, 0.2) is 18.2 Å². The van der Waals surface area contributed by atoms with E-state index in [-0.39, 0.29) is 10.6 Å². The average molecular weight is 325 g/mol. The minimum atomic E-state index is -3.29. The smallest absolute Gasteiger partial charge is 0.289 e. The molecule has 7 heteroatoms. The van der Waals surface area contributed by atoms with Crippen LogP contribution in [-0.2, 0) is 0 Å². The van der Waals surface area contributed by atoms with Crippen molar-refractivity contribution in [2.45, 2.75) is 12.0 Å². The van der Waals surface area contributed by atoms with Gasteiger partial charge in [0.25, 0.3) is 5.92 Å². The zero-order chi connectivity index (χ0) is 14.8. The predicted octanol–water partition coefficient (Wildman–Crippen LogP) is 2.57. The Hall–Kier alpha value is -0.460. The van der Waals surface area contributed by atoms with Gasteiger partial charge in [0.05, 0.1) is 0 Å². The summed E-state index contributed by atoms with van der Waals surface area (Å²) in [6.45, 7) is 0.934. The van der Waals surface area contributed by atoms with E-state index in [2.05, 4.69) is 5.32 Å². The molecule has 2 rings (SSSR count). The number of benzene rings is 1. The first-order valence-electron chi connectivity index (χ1n) is 6.34. The molecule has 0 unspecified atom stereocenters. The van der Waals surface area contributed by atoms with E-state index < -0.39 is 18.6 Å². The number of rotatable bonds is 4. The molecule has 1 fully saturated rings. The minimum absolute atomic E-state index is 0.228. The van der Waals surface area contributed by atoms with Crippen LogP contribution in [0, 0.1) is 0 Å². The van der Waals surface area contributed by atoms with Crippen molar-refractivity contribution in [3.63, 3.8) is 0 Å². The number of piperazine rings is 1. The number of hydrogen-bond donors (Lipinski definition) is 2. The summed E-state index contributed by atoms with van der Waals surface area (Å²) < 4.78 is 28.4. The predicted molar refractivity (Wildman–Crippen MR) is 75.7 cm³/mol. The molecule has 1 saturated heterocycles. The molecule has 0 saturated carbocycles. The van der Waals surface area contributed by atoms with E-state index in [1.165, 1.54) is 12.1 Å². The van der Waals surface area contributed by atoms with E-state index >= 15 is 0 Å². The molecule has 1 aromatic rings. The van der Waals surface area contributed by atoms with Gasteiger partial charge in [-0.3, -0.25) is 4.90 Å². The summed E-state index contributed by atoms with van der Waals surface area (Å²) in [5.74, 6) is -3.29. The summed E-state index contributed by atoms with van der Waals surface area (Å²) in [7, 11) is 0. The molecule has 1 aliphatic rings. The molecule has 0 bridgehead atoms. The van der Waals surface area contributed by atoms with E-state index in [1.54, 1.807) is 11.0 Å². The lowest BCUT2D eigenvalue weighted by atomic mass is 9.98. The molecule has 20 heavy (non-hydrogen) atoms. The van der Waals surface area contributed by atoms with Gasteiger partial charge in [0.2, 0.25) is 0 Å². The minimum Gasteiger partial charge on any atom is -0.390 e. The normalized spacial score (nSPS) is 19.1. The second-order valence-corrected chi connectivity index (χ2v) is 5.62. The van der Waals surface area contributed by atoms with Crippen molar-refractivity contribution < 1.29 is 13.9 Å². The number of nitrogens with one attached hydrogen (secondary N) is 1. The van der Waals surface area contributed by atoms with Crippen LogP contribution in [0.1, 0.15) is 11.6 Å². The third-order valence-corrected chi connectivity index (χ3v) is 3.96. The second-order valence-electron chi connectivity index (χ2n) is 4.77. The molecule has 1 aliphatic heterocycles. The number of aliphatic hydroxyl groups is 1. The maximum Gasteiger partial charge on any atom is 0.289 e. The van der Waals surface area contributed by atoms with Crippen LogP contribution in [0.25, 0.3) is 0 Å². The zero-order valence-electron chi connectivity index (χ0n) is 10.8. The first kappa shape index (κ1) is 15.9. The first-order valence-corrected chi connectivity index (χ1v) is 7.09. The maximum atomic E-state index is 14.2. The van der Waals surface area contributed by atoms with E-state index in [1.807, 2.05) is 0 Å². The lowest BCUT2D eigenvalue weighted by molar-refractivity contribution is -0.118. The molecule has 1 aromatic carbocycles. The molecule has 2 N–H and O–H groups in total. The van der Waals surface area contributed by atoms with E-state index in [0.717, 1.165) is 0 Å². The Morgan fingerprint density at radius 2 is 1.95 bits per heavy atom. The molecule has 112 valence electrons. The van der Waals surface area contributed by atoms with Crippen molar-refractivity contribution in [2.24, 2.45) is 0 Å². The van der Waals surface area contributed by atoms with Gasteiger partial charge in [-0.1, -0.05) is 23.2 Å². The largest absolute Gasteiger partial charge is 0.390 e. The fourth-order valence-electron chi connectivity index (χ4n) is 2.44. The van der Waals surface area contributed by atoms with Crippen molar-refractivity contribution in [1.29, 1.82) is 0 Å². The third kappa shape index (κ3) is 3.40. The van der Waals surface area contributed by atoms with Crippen LogP contribution in [0.3, 0.4) is 0 Å². The van der Waals surface area contributed by atoms with Crippen LogP contribution in [0.4, 0.5) is 8.78 Å². The Balaban J connectivity index is 2.42. The molecular formula is C13H16Cl2F2N2O. The zero-order valence-corrected chi connectivity index (χ0v) is 12.3. The molecule has 1 atom stereocenters. The SMILES string of the molecule is OCC(F)(F)[C@@H](c1cc(Cl)ccc1Cl)N1CCNCC1. The first-order chi connectivity index (χ1) is 9.45. The van der Waals surface area contributed by atoms with Gasteiger partial charge >= 0.3 is 0 Å². The van der Waals surface area contributed by atoms with Gasteiger partial charge in [-0.05, 0) is 23.8 Å². The molecule has 1 heterocycles. The van der Waals surface area contributed by atoms with Crippen LogP contribution in [0.5, 0.6) is 0 Å². The van der Waals surface area contributed by atoms with Crippen molar-refractivity contribution in [2.75, 3.05) is 32.8 Å². The number of halogens is 4. The van der Waals surface area contributed by atoms with E-state index in [9.17, 15) is 8.78 Å². The summed E-state index contributed by atoms with van der Waals surface area (Å²) in [5.41, 5.74) is 0.250. The lowest BCUT2D eigenvalue weighted by Crippen LogP contribution is -2.51. The average Bonchev–Trinajstić information content (AvgIpc) is 2.44. The highest BCUT2D eigenvalue weighted by molar-refractivity contribution is 6.33. The van der Waals surface area contributed by atoms with Crippen LogP contribution >= 0.6 is 23.2 Å². The summed E-state index contributed by atoms with van der Waals surface area (Å²) in [6.07, 6.45) is 0. The van der Waals surface area contributed by atoms with Gasteiger partial charge in [0.15, 0.2) is 0 Å². The maximum absolute atomic E-state index is 14.2. The summed E-state index contributed by atoms with van der Waals surface area (Å²) >= 11 is 12.0. The van der Waals surface area contributed by atoms with Crippen molar-refractivity contribution in [3.05, 3.63) is 33.8 Å². The van der Waals surface area contributed by atoms with Gasteiger partial charge in [0.1, 0.15) is 12.6 Å². The number of hydrogen-bond acceptors (Lipinski definition) is 3. The Labute approximate surface area is 126 Å². The van der Waals surface area contributed by atoms with Crippen LogP contribution < -0.4 is 5.32 Å². The van der Waals surface area contributed by atoms with E-state index in [4.69, 9.17) is 28.3 Å². The monoisotopic (exact) mass is 324 g/mol. The summed E-state index contributed by atoms with van der Waals surface area (Å²) in [6, 6.07) is 3.22. The quantitative estimate of drug-likeness (QED) is 0.893. The van der Waals surface area contributed by atoms with Crippen LogP contribution in [-0.4, -0.2) is 48.7 Å². The van der Waals surface area contributed by atoms with Gasteiger partial charge in [-0.2, -0.15) is 0 Å². The van der Waals surface area contributed by atoms with E-state index in [0.29, 0.717) is 31.2 Å². The summed E-state index contributed by atoms with van der Waals surface area (Å²) in [4.78, 5) is 1.63. The Bertz CT molecular complexity index is 468. The second kappa shape index (κ2) is 6.54. The molecule has 3 nitrogen and oxygen atoms in total. The van der Waals surface area contributed by atoms with Gasteiger partial charge in [-0.15, -0.1) is 0 Å². The molecule has 0 aliphatic carbocycles. The highest BCUT2D eigenvalue weighted by atomic mass is 35.5. The fourth-order valence-corrected chi connectivity index (χ4v) is 2.84. The molecule has 0 amide bonds. The Morgan fingerprint density at radius 3 is 2.55 bits per heavy atom. The molecular weight excluding hydrogens is 309 g/mol. The Kier molecular flexibility index (Phi) is 5.20. The third-order valence-electron chi connectivity index (χ3n) is 3.38. The topological polar surface area (TPSA) is 35.5 Å². The van der Waals surface area contributed by atoms with Crippen LogP contribution in [0.2, 0.25) is 10.0 Å². The number of nitrogens with zero attached hydrogens (tertiary/aromatic N) is 1. The van der Waals surface area contributed by atoms with Gasteiger partial charge in [0, 0.05) is 36.2 Å². The fraction of sp³-hybridized carbons (Fsp3) is 0.538. The summed E-state index contributed by atoms with van der Waals surface area (Å²) in [5, 5.41) is 12.7. The highest BCUT2D eigenvalue weighted by Gasteiger charge is 2.44. The van der Waals surface area contributed by atoms with Crippen molar-refractivity contribution in [1.82, 2.24) is 10.2 Å². The molecule has 0 radical (unpaired) electrons. The standard InChI is InChI=1S/C13H16Cl2F2N2O/c14-9-1-2-11(15)10(7-9)12(13(16,17)8-20)19-5-3-18-4-6-19/h1-2,7,12,18,20H,3-6,8H2/t12-/m1/s1. The van der Waals surface area contributed by atoms with Gasteiger partial charge < -0.3 is 10.4 Å². The van der Waals surface area contributed by atoms with Crippen molar-refractivity contribution in [3.8, 4) is 0 Å². The molecule has 0 aromatic heterocycles. The van der Waals surface area contributed by atoms with Gasteiger partial charge in [-0.25, -0.2) is 8.78 Å². The number of aliphatic hydroxyl groups excluding tert-OH is 1.